The van der Waals surface area contributed by atoms with Crippen LogP contribution < -0.4 is 4.90 Å². The second-order valence-corrected chi connectivity index (χ2v) is 22.1. The topological polar surface area (TPSA) is 3.24 Å². The molecule has 13 rings (SSSR count). The highest BCUT2D eigenvalue weighted by molar-refractivity contribution is 6.02. The first-order valence-corrected chi connectivity index (χ1v) is 25.6. The van der Waals surface area contributed by atoms with Crippen molar-refractivity contribution < 1.29 is 0 Å². The van der Waals surface area contributed by atoms with Crippen LogP contribution in [0, 0.1) is 0 Å². The maximum atomic E-state index is 2.55. The molecule has 2 aliphatic rings. The Labute approximate surface area is 424 Å². The maximum absolute atomic E-state index is 2.55. The zero-order valence-electron chi connectivity index (χ0n) is 42.0. The molecule has 0 radical (unpaired) electrons. The van der Waals surface area contributed by atoms with Gasteiger partial charge in [0.2, 0.25) is 0 Å². The summed E-state index contributed by atoms with van der Waals surface area (Å²) in [6.07, 6.45) is 0. The van der Waals surface area contributed by atoms with Crippen LogP contribution in [0.2, 0.25) is 0 Å². The largest absolute Gasteiger partial charge is 0.310 e. The highest BCUT2D eigenvalue weighted by Crippen LogP contribution is 2.65. The van der Waals surface area contributed by atoms with Gasteiger partial charge in [0.25, 0.3) is 0 Å². The van der Waals surface area contributed by atoms with Gasteiger partial charge < -0.3 is 4.90 Å². The molecule has 0 heterocycles. The van der Waals surface area contributed by atoms with E-state index in [0.717, 1.165) is 17.1 Å². The molecule has 72 heavy (non-hydrogen) atoms. The van der Waals surface area contributed by atoms with Crippen molar-refractivity contribution in [2.24, 2.45) is 0 Å². The fourth-order valence-electron chi connectivity index (χ4n) is 12.2. The molecule has 1 nitrogen and oxygen atoms in total. The Morgan fingerprint density at radius 1 is 0.306 bits per heavy atom. The Bertz CT molecular complexity index is 3840. The standard InChI is InChI=1S/C71H57N/c1-69(2,3)52-36-42-61-62-43-37-53(70(4,5)6)45-66(62)71(65(61)44-52)64-26-12-11-22-60(64)63-25-15-24-59(68(63)71)51-30-28-46(29-31-51)47-32-38-54(39-33-47)72(67-27-14-19-49-17-8-10-21-58(49)67)55-40-34-50(35-41-55)57-23-13-18-48-16-7-9-20-56(48)57/h7-45H,1-6H3. The van der Waals surface area contributed by atoms with Crippen molar-refractivity contribution in [1.82, 2.24) is 0 Å². The molecule has 0 amide bonds. The third kappa shape index (κ3) is 6.82. The summed E-state index contributed by atoms with van der Waals surface area (Å²) in [5.74, 6) is 0. The van der Waals surface area contributed by atoms with Gasteiger partial charge in [0.15, 0.2) is 0 Å². The molecular weight excluding hydrogens is 867 g/mol. The maximum Gasteiger partial charge on any atom is 0.0731 e. The van der Waals surface area contributed by atoms with Crippen LogP contribution in [0.25, 0.3) is 77.2 Å². The zero-order valence-corrected chi connectivity index (χ0v) is 42.0. The van der Waals surface area contributed by atoms with Gasteiger partial charge in [-0.15, -0.1) is 0 Å². The van der Waals surface area contributed by atoms with Crippen molar-refractivity contribution >= 4 is 38.6 Å². The fourth-order valence-corrected chi connectivity index (χ4v) is 12.2. The first-order chi connectivity index (χ1) is 35.0. The zero-order chi connectivity index (χ0) is 48.9. The molecule has 11 aromatic rings. The quantitative estimate of drug-likeness (QED) is 0.161. The molecule has 0 aromatic heterocycles. The molecule has 346 valence electrons. The summed E-state index contributed by atoms with van der Waals surface area (Å²) in [7, 11) is 0. The molecule has 0 saturated heterocycles. The summed E-state index contributed by atoms with van der Waals surface area (Å²) in [5, 5.41) is 4.94. The van der Waals surface area contributed by atoms with E-state index in [1.807, 2.05) is 0 Å². The summed E-state index contributed by atoms with van der Waals surface area (Å²) in [6, 6.07) is 88.9. The molecule has 1 heteroatoms. The van der Waals surface area contributed by atoms with E-state index in [2.05, 4.69) is 283 Å². The van der Waals surface area contributed by atoms with Crippen LogP contribution >= 0.6 is 0 Å². The average molecular weight is 924 g/mol. The molecule has 0 atom stereocenters. The number of nitrogens with zero attached hydrogens (tertiary/aromatic N) is 1. The number of anilines is 3. The van der Waals surface area contributed by atoms with Gasteiger partial charge in [0.1, 0.15) is 0 Å². The molecule has 2 aliphatic carbocycles. The second-order valence-electron chi connectivity index (χ2n) is 22.1. The number of fused-ring (bicyclic) bond motifs is 12. The summed E-state index contributed by atoms with van der Waals surface area (Å²) >= 11 is 0. The Balaban J connectivity index is 0.906. The Morgan fingerprint density at radius 3 is 1.35 bits per heavy atom. The number of hydrogen-bond acceptors (Lipinski definition) is 1. The van der Waals surface area contributed by atoms with Gasteiger partial charge in [-0.05, 0) is 146 Å². The summed E-state index contributed by atoms with van der Waals surface area (Å²) < 4.78 is 0. The van der Waals surface area contributed by atoms with Crippen molar-refractivity contribution in [2.75, 3.05) is 4.90 Å². The lowest BCUT2D eigenvalue weighted by molar-refractivity contribution is 0.586. The molecular formula is C71H57N. The van der Waals surface area contributed by atoms with Crippen LogP contribution in [0.4, 0.5) is 17.1 Å². The van der Waals surface area contributed by atoms with E-state index in [1.54, 1.807) is 0 Å². The summed E-state index contributed by atoms with van der Waals surface area (Å²) in [4.78, 5) is 2.40. The predicted octanol–water partition coefficient (Wildman–Crippen LogP) is 19.4. The highest BCUT2D eigenvalue weighted by Gasteiger charge is 2.53. The van der Waals surface area contributed by atoms with E-state index in [0.29, 0.717) is 0 Å². The smallest absolute Gasteiger partial charge is 0.0731 e. The van der Waals surface area contributed by atoms with E-state index in [9.17, 15) is 0 Å². The monoisotopic (exact) mass is 923 g/mol. The van der Waals surface area contributed by atoms with Crippen molar-refractivity contribution in [3.8, 4) is 55.6 Å². The van der Waals surface area contributed by atoms with Gasteiger partial charge in [-0.2, -0.15) is 0 Å². The molecule has 0 unspecified atom stereocenters. The molecule has 1 spiro atoms. The van der Waals surface area contributed by atoms with Gasteiger partial charge in [-0.3, -0.25) is 0 Å². The predicted molar refractivity (Wildman–Crippen MR) is 306 cm³/mol. The van der Waals surface area contributed by atoms with E-state index in [-0.39, 0.29) is 10.8 Å². The minimum atomic E-state index is -0.476. The lowest BCUT2D eigenvalue weighted by Gasteiger charge is -2.34. The van der Waals surface area contributed by atoms with Gasteiger partial charge in [0.05, 0.1) is 11.1 Å². The third-order valence-electron chi connectivity index (χ3n) is 15.8. The van der Waals surface area contributed by atoms with E-state index < -0.39 is 5.41 Å². The van der Waals surface area contributed by atoms with Gasteiger partial charge >= 0.3 is 0 Å². The van der Waals surface area contributed by atoms with Crippen LogP contribution in [0.3, 0.4) is 0 Å². The molecule has 0 aliphatic heterocycles. The molecule has 11 aromatic carbocycles. The van der Waals surface area contributed by atoms with Crippen molar-refractivity contribution in [1.29, 1.82) is 0 Å². The van der Waals surface area contributed by atoms with E-state index in [1.165, 1.54) is 111 Å². The number of hydrogen-bond donors (Lipinski definition) is 0. The van der Waals surface area contributed by atoms with Crippen LogP contribution in [-0.4, -0.2) is 0 Å². The van der Waals surface area contributed by atoms with Crippen LogP contribution in [0.15, 0.2) is 237 Å². The SMILES string of the molecule is CC(C)(C)c1ccc2c(c1)C1(c3cc(C(C)(C)C)ccc3-2)c2ccccc2-c2cccc(-c3ccc(-c4ccc(N(c5ccc(-c6cccc7ccccc67)cc5)c5cccc6ccccc56)cc4)cc3)c21. The van der Waals surface area contributed by atoms with Gasteiger partial charge in [0, 0.05) is 16.8 Å². The van der Waals surface area contributed by atoms with Gasteiger partial charge in [-0.25, -0.2) is 0 Å². The van der Waals surface area contributed by atoms with E-state index >= 15 is 0 Å². The number of benzene rings is 11. The van der Waals surface area contributed by atoms with Crippen LogP contribution in [-0.2, 0) is 16.2 Å². The summed E-state index contributed by atoms with van der Waals surface area (Å²) in [5.41, 5.74) is 23.8. The molecule has 0 saturated carbocycles. The Hall–Kier alpha value is -8.26. The average Bonchev–Trinajstić information content (AvgIpc) is 3.88. The highest BCUT2D eigenvalue weighted by atomic mass is 15.1. The Morgan fingerprint density at radius 2 is 0.722 bits per heavy atom. The second kappa shape index (κ2) is 16.4. The van der Waals surface area contributed by atoms with Crippen molar-refractivity contribution in [3.05, 3.63) is 270 Å². The molecule has 0 bridgehead atoms. The minimum Gasteiger partial charge on any atom is -0.310 e. The molecule has 0 fully saturated rings. The lowest BCUT2D eigenvalue weighted by Crippen LogP contribution is -2.28. The number of rotatable bonds is 6. The van der Waals surface area contributed by atoms with E-state index in [4.69, 9.17) is 0 Å². The van der Waals surface area contributed by atoms with Crippen molar-refractivity contribution in [3.63, 3.8) is 0 Å². The molecule has 0 N–H and O–H groups in total. The fraction of sp³-hybridized carbons (Fsp3) is 0.127. The minimum absolute atomic E-state index is 0.00547. The van der Waals surface area contributed by atoms with Crippen molar-refractivity contribution in [2.45, 2.75) is 57.8 Å². The summed E-state index contributed by atoms with van der Waals surface area (Å²) in [6.45, 7) is 14.0. The first kappa shape index (κ1) is 43.7. The van der Waals surface area contributed by atoms with Crippen LogP contribution in [0.1, 0.15) is 74.9 Å². The third-order valence-corrected chi connectivity index (χ3v) is 15.8. The van der Waals surface area contributed by atoms with Gasteiger partial charge in [-0.1, -0.05) is 248 Å². The normalized spacial score (nSPS) is 13.2. The lowest BCUT2D eigenvalue weighted by atomic mass is 9.67. The Kier molecular flexibility index (Phi) is 9.97. The van der Waals surface area contributed by atoms with Crippen LogP contribution in [0.5, 0.6) is 0 Å². The first-order valence-electron chi connectivity index (χ1n) is 25.6.